The van der Waals surface area contributed by atoms with E-state index in [2.05, 4.69) is 80.3 Å². The fourth-order valence-corrected chi connectivity index (χ4v) is 2.63. The summed E-state index contributed by atoms with van der Waals surface area (Å²) in [6.07, 6.45) is 2.29. The topological polar surface area (TPSA) is 3.24 Å². The molecule has 0 aromatic heterocycles. The maximum atomic E-state index is 2.57. The third-order valence-electron chi connectivity index (χ3n) is 4.23. The molecule has 0 fully saturated rings. The molecule has 2 aromatic carbocycles. The standard InChI is InChI=1S/C20H27N/c1-4-17(3)21(15-19-10-7-6-8-11-19)16-20-13-9-12-18(5-2)14-20/h6-14,17H,4-5,15-16H2,1-3H3/t17-/m0/s1. The predicted molar refractivity (Wildman–Crippen MR) is 91.3 cm³/mol. The van der Waals surface area contributed by atoms with E-state index in [1.807, 2.05) is 0 Å². The average Bonchev–Trinajstić information content (AvgIpc) is 2.54. The van der Waals surface area contributed by atoms with E-state index in [4.69, 9.17) is 0 Å². The molecule has 1 atom stereocenters. The average molecular weight is 281 g/mol. The van der Waals surface area contributed by atoms with E-state index in [9.17, 15) is 0 Å². The maximum Gasteiger partial charge on any atom is 0.0240 e. The van der Waals surface area contributed by atoms with Gasteiger partial charge in [-0.05, 0) is 36.5 Å². The Labute approximate surface area is 129 Å². The minimum atomic E-state index is 0.593. The first-order chi connectivity index (χ1) is 10.2. The molecular formula is C20H27N. The molecule has 0 radical (unpaired) electrons. The Morgan fingerprint density at radius 2 is 1.43 bits per heavy atom. The molecule has 0 aliphatic rings. The van der Waals surface area contributed by atoms with Crippen molar-refractivity contribution < 1.29 is 0 Å². The van der Waals surface area contributed by atoms with Crippen molar-refractivity contribution in [1.82, 2.24) is 4.90 Å². The second-order valence-corrected chi connectivity index (χ2v) is 5.82. The van der Waals surface area contributed by atoms with Crippen molar-refractivity contribution in [3.05, 3.63) is 71.3 Å². The van der Waals surface area contributed by atoms with Gasteiger partial charge in [-0.15, -0.1) is 0 Å². The van der Waals surface area contributed by atoms with Gasteiger partial charge in [0.05, 0.1) is 0 Å². The monoisotopic (exact) mass is 281 g/mol. The molecule has 2 rings (SSSR count). The summed E-state index contributed by atoms with van der Waals surface area (Å²) in [6, 6.07) is 20.4. The second-order valence-electron chi connectivity index (χ2n) is 5.82. The second kappa shape index (κ2) is 7.99. The lowest BCUT2D eigenvalue weighted by molar-refractivity contribution is 0.186. The Balaban J connectivity index is 2.12. The Kier molecular flexibility index (Phi) is 6.01. The molecule has 0 bridgehead atoms. The van der Waals surface area contributed by atoms with E-state index < -0.39 is 0 Å². The number of nitrogens with zero attached hydrogens (tertiary/aromatic N) is 1. The highest BCUT2D eigenvalue weighted by Crippen LogP contribution is 2.16. The summed E-state index contributed by atoms with van der Waals surface area (Å²) in [4.78, 5) is 2.57. The van der Waals surface area contributed by atoms with Crippen LogP contribution in [-0.4, -0.2) is 10.9 Å². The molecule has 0 saturated carbocycles. The first-order valence-electron chi connectivity index (χ1n) is 8.08. The number of benzene rings is 2. The molecule has 0 N–H and O–H groups in total. The van der Waals surface area contributed by atoms with Crippen LogP contribution in [-0.2, 0) is 19.5 Å². The molecule has 112 valence electrons. The van der Waals surface area contributed by atoms with Crippen LogP contribution in [0.2, 0.25) is 0 Å². The third-order valence-corrected chi connectivity index (χ3v) is 4.23. The highest BCUT2D eigenvalue weighted by atomic mass is 15.1. The fourth-order valence-electron chi connectivity index (χ4n) is 2.63. The first-order valence-corrected chi connectivity index (χ1v) is 8.08. The number of aryl methyl sites for hydroxylation is 1. The van der Waals surface area contributed by atoms with E-state index in [1.165, 1.54) is 23.1 Å². The molecule has 0 saturated heterocycles. The van der Waals surface area contributed by atoms with Crippen LogP contribution in [0.5, 0.6) is 0 Å². The molecule has 21 heavy (non-hydrogen) atoms. The highest BCUT2D eigenvalue weighted by molar-refractivity contribution is 5.23. The summed E-state index contributed by atoms with van der Waals surface area (Å²) in [5.74, 6) is 0. The summed E-state index contributed by atoms with van der Waals surface area (Å²) in [5.41, 5.74) is 4.24. The molecule has 0 aliphatic carbocycles. The van der Waals surface area contributed by atoms with Crippen molar-refractivity contribution in [3.8, 4) is 0 Å². The van der Waals surface area contributed by atoms with E-state index >= 15 is 0 Å². The minimum absolute atomic E-state index is 0.593. The van der Waals surface area contributed by atoms with E-state index in [1.54, 1.807) is 0 Å². The van der Waals surface area contributed by atoms with E-state index in [-0.39, 0.29) is 0 Å². The number of hydrogen-bond acceptors (Lipinski definition) is 1. The van der Waals surface area contributed by atoms with Crippen molar-refractivity contribution >= 4 is 0 Å². The van der Waals surface area contributed by atoms with Crippen molar-refractivity contribution in [2.75, 3.05) is 0 Å². The van der Waals surface area contributed by atoms with E-state index in [0.29, 0.717) is 6.04 Å². The van der Waals surface area contributed by atoms with Gasteiger partial charge in [-0.25, -0.2) is 0 Å². The van der Waals surface area contributed by atoms with Gasteiger partial charge in [0.1, 0.15) is 0 Å². The SMILES string of the molecule is CCc1cccc(CN(Cc2ccccc2)[C@@H](C)CC)c1. The molecular weight excluding hydrogens is 254 g/mol. The van der Waals surface area contributed by atoms with Gasteiger partial charge in [-0.3, -0.25) is 4.90 Å². The van der Waals surface area contributed by atoms with Crippen LogP contribution < -0.4 is 0 Å². The van der Waals surface area contributed by atoms with Crippen LogP contribution in [0.1, 0.15) is 43.9 Å². The van der Waals surface area contributed by atoms with Crippen LogP contribution in [0.4, 0.5) is 0 Å². The highest BCUT2D eigenvalue weighted by Gasteiger charge is 2.13. The lowest BCUT2D eigenvalue weighted by atomic mass is 10.1. The molecule has 1 heteroatoms. The molecule has 2 aromatic rings. The van der Waals surface area contributed by atoms with Gasteiger partial charge in [-0.1, -0.05) is 68.4 Å². The number of hydrogen-bond donors (Lipinski definition) is 0. The van der Waals surface area contributed by atoms with Gasteiger partial charge in [0.2, 0.25) is 0 Å². The van der Waals surface area contributed by atoms with Crippen molar-refractivity contribution in [1.29, 1.82) is 0 Å². The third kappa shape index (κ3) is 4.71. The molecule has 0 aliphatic heterocycles. The zero-order valence-corrected chi connectivity index (χ0v) is 13.5. The zero-order chi connectivity index (χ0) is 15.1. The Bertz CT molecular complexity index is 533. The Morgan fingerprint density at radius 1 is 0.810 bits per heavy atom. The zero-order valence-electron chi connectivity index (χ0n) is 13.5. The van der Waals surface area contributed by atoms with Crippen LogP contribution in [0.25, 0.3) is 0 Å². The molecule has 0 spiro atoms. The quantitative estimate of drug-likeness (QED) is 0.686. The smallest absolute Gasteiger partial charge is 0.0240 e. The van der Waals surface area contributed by atoms with Crippen LogP contribution >= 0.6 is 0 Å². The Hall–Kier alpha value is -1.60. The van der Waals surface area contributed by atoms with Gasteiger partial charge < -0.3 is 0 Å². The summed E-state index contributed by atoms with van der Waals surface area (Å²) in [5, 5.41) is 0. The molecule has 0 unspecified atom stereocenters. The molecule has 0 amide bonds. The van der Waals surface area contributed by atoms with Gasteiger partial charge in [-0.2, -0.15) is 0 Å². The van der Waals surface area contributed by atoms with Crippen molar-refractivity contribution in [3.63, 3.8) is 0 Å². The van der Waals surface area contributed by atoms with Crippen molar-refractivity contribution in [2.24, 2.45) is 0 Å². The summed E-state index contributed by atoms with van der Waals surface area (Å²) >= 11 is 0. The van der Waals surface area contributed by atoms with E-state index in [0.717, 1.165) is 19.5 Å². The minimum Gasteiger partial charge on any atom is -0.292 e. The fraction of sp³-hybridized carbons (Fsp3) is 0.400. The van der Waals surface area contributed by atoms with Crippen LogP contribution in [0.15, 0.2) is 54.6 Å². The van der Waals surface area contributed by atoms with Gasteiger partial charge >= 0.3 is 0 Å². The van der Waals surface area contributed by atoms with Crippen LogP contribution in [0, 0.1) is 0 Å². The molecule has 0 heterocycles. The first kappa shape index (κ1) is 15.8. The Morgan fingerprint density at radius 3 is 2.10 bits per heavy atom. The van der Waals surface area contributed by atoms with Gasteiger partial charge in [0.15, 0.2) is 0 Å². The summed E-state index contributed by atoms with van der Waals surface area (Å²) in [6.45, 7) is 8.86. The lowest BCUT2D eigenvalue weighted by Crippen LogP contribution is -2.31. The largest absolute Gasteiger partial charge is 0.292 e. The van der Waals surface area contributed by atoms with Gasteiger partial charge in [0.25, 0.3) is 0 Å². The predicted octanol–water partition coefficient (Wildman–Crippen LogP) is 5.05. The normalized spacial score (nSPS) is 12.6. The maximum absolute atomic E-state index is 2.57. The van der Waals surface area contributed by atoms with Gasteiger partial charge in [0, 0.05) is 19.1 Å². The van der Waals surface area contributed by atoms with Crippen molar-refractivity contribution in [2.45, 2.75) is 52.7 Å². The number of rotatable bonds is 7. The lowest BCUT2D eigenvalue weighted by Gasteiger charge is -2.28. The summed E-state index contributed by atoms with van der Waals surface area (Å²) < 4.78 is 0. The van der Waals surface area contributed by atoms with Crippen LogP contribution in [0.3, 0.4) is 0 Å². The summed E-state index contributed by atoms with van der Waals surface area (Å²) in [7, 11) is 0. The molecule has 1 nitrogen and oxygen atoms in total.